The first kappa shape index (κ1) is 15.8. The maximum Gasteiger partial charge on any atom is 0.242 e. The van der Waals surface area contributed by atoms with Crippen LogP contribution in [0.5, 0.6) is 5.75 Å². The minimum absolute atomic E-state index is 0.210. The van der Waals surface area contributed by atoms with Gasteiger partial charge in [-0.25, -0.2) is 12.7 Å². The number of ether oxygens (including phenoxy) is 1. The van der Waals surface area contributed by atoms with Crippen LogP contribution in [0.4, 0.5) is 0 Å². The summed E-state index contributed by atoms with van der Waals surface area (Å²) in [6.07, 6.45) is 2.21. The lowest BCUT2D eigenvalue weighted by Crippen LogP contribution is -2.29. The predicted molar refractivity (Wildman–Crippen MR) is 81.5 cm³/mol. The SMILES string of the molecule is COc1ccc(S(=O)(=O)N(C)CC2CC2)cc1C#CCN. The first-order valence-corrected chi connectivity index (χ1v) is 8.26. The fourth-order valence-corrected chi connectivity index (χ4v) is 3.31. The van der Waals surface area contributed by atoms with E-state index in [1.807, 2.05) is 0 Å². The molecule has 0 unspecified atom stereocenters. The zero-order valence-electron chi connectivity index (χ0n) is 12.3. The van der Waals surface area contributed by atoms with Crippen molar-refractivity contribution in [2.75, 3.05) is 27.2 Å². The summed E-state index contributed by atoms with van der Waals surface area (Å²) in [5.41, 5.74) is 5.89. The van der Waals surface area contributed by atoms with Crippen molar-refractivity contribution < 1.29 is 13.2 Å². The molecule has 0 heterocycles. The standard InChI is InChI=1S/C15H20N2O3S/c1-17(11-12-5-6-12)21(18,19)14-7-8-15(20-2)13(10-14)4-3-9-16/h7-8,10,12H,5-6,9,11,16H2,1-2H3. The highest BCUT2D eigenvalue weighted by Crippen LogP contribution is 2.31. The van der Waals surface area contributed by atoms with Crippen LogP contribution in [-0.4, -0.2) is 40.0 Å². The van der Waals surface area contributed by atoms with Crippen molar-refractivity contribution in [2.24, 2.45) is 11.7 Å². The van der Waals surface area contributed by atoms with Gasteiger partial charge in [-0.3, -0.25) is 0 Å². The third-order valence-corrected chi connectivity index (χ3v) is 5.24. The molecule has 114 valence electrons. The highest BCUT2D eigenvalue weighted by Gasteiger charge is 2.29. The van der Waals surface area contributed by atoms with Crippen LogP contribution in [0.3, 0.4) is 0 Å². The van der Waals surface area contributed by atoms with E-state index in [0.717, 1.165) is 12.8 Å². The lowest BCUT2D eigenvalue weighted by molar-refractivity contribution is 0.413. The zero-order valence-corrected chi connectivity index (χ0v) is 13.1. The molecule has 6 heteroatoms. The molecule has 2 N–H and O–H groups in total. The Morgan fingerprint density at radius 2 is 2.14 bits per heavy atom. The number of benzene rings is 1. The van der Waals surface area contributed by atoms with Crippen LogP contribution in [0.2, 0.25) is 0 Å². The van der Waals surface area contributed by atoms with Gasteiger partial charge < -0.3 is 10.5 Å². The molecule has 1 aliphatic rings. The fourth-order valence-electron chi connectivity index (χ4n) is 2.03. The normalized spacial score (nSPS) is 14.7. The number of sulfonamides is 1. The van der Waals surface area contributed by atoms with Crippen molar-refractivity contribution >= 4 is 10.0 Å². The van der Waals surface area contributed by atoms with Crippen molar-refractivity contribution in [1.29, 1.82) is 0 Å². The molecule has 0 saturated heterocycles. The van der Waals surface area contributed by atoms with Gasteiger partial charge in [-0.1, -0.05) is 11.8 Å². The monoisotopic (exact) mass is 308 g/mol. The van der Waals surface area contributed by atoms with Gasteiger partial charge in [-0.05, 0) is 37.0 Å². The quantitative estimate of drug-likeness (QED) is 0.825. The molecule has 0 spiro atoms. The zero-order chi connectivity index (χ0) is 15.5. The van der Waals surface area contributed by atoms with E-state index in [4.69, 9.17) is 10.5 Å². The van der Waals surface area contributed by atoms with E-state index < -0.39 is 10.0 Å². The molecule has 1 aromatic rings. The lowest BCUT2D eigenvalue weighted by Gasteiger charge is -2.17. The summed E-state index contributed by atoms with van der Waals surface area (Å²) in [4.78, 5) is 0.229. The Kier molecular flexibility index (Phi) is 4.88. The summed E-state index contributed by atoms with van der Waals surface area (Å²) in [6, 6.07) is 4.71. The van der Waals surface area contributed by atoms with Crippen LogP contribution < -0.4 is 10.5 Å². The van der Waals surface area contributed by atoms with Crippen molar-refractivity contribution in [3.63, 3.8) is 0 Å². The van der Waals surface area contributed by atoms with Crippen molar-refractivity contribution in [1.82, 2.24) is 4.31 Å². The number of methoxy groups -OCH3 is 1. The van der Waals surface area contributed by atoms with Gasteiger partial charge in [0, 0.05) is 13.6 Å². The van der Waals surface area contributed by atoms with Gasteiger partial charge in [0.2, 0.25) is 10.0 Å². The van der Waals surface area contributed by atoms with Crippen LogP contribution in [0.25, 0.3) is 0 Å². The van der Waals surface area contributed by atoms with Gasteiger partial charge in [-0.2, -0.15) is 0 Å². The van der Waals surface area contributed by atoms with E-state index in [9.17, 15) is 8.42 Å². The molecule has 0 atom stereocenters. The van der Waals surface area contributed by atoms with E-state index in [0.29, 0.717) is 23.8 Å². The van der Waals surface area contributed by atoms with Crippen molar-refractivity contribution in [2.45, 2.75) is 17.7 Å². The molecule has 0 radical (unpaired) electrons. The lowest BCUT2D eigenvalue weighted by atomic mass is 10.2. The van der Waals surface area contributed by atoms with Crippen LogP contribution in [-0.2, 0) is 10.0 Å². The maximum atomic E-state index is 12.5. The Labute approximate surface area is 126 Å². The second kappa shape index (κ2) is 6.48. The Hall–Kier alpha value is -1.55. The van der Waals surface area contributed by atoms with Gasteiger partial charge in [0.05, 0.1) is 24.1 Å². The first-order chi connectivity index (χ1) is 9.98. The fraction of sp³-hybridized carbons (Fsp3) is 0.467. The molecule has 0 aromatic heterocycles. The highest BCUT2D eigenvalue weighted by atomic mass is 32.2. The van der Waals surface area contributed by atoms with Gasteiger partial charge >= 0.3 is 0 Å². The molecule has 21 heavy (non-hydrogen) atoms. The van der Waals surface area contributed by atoms with E-state index >= 15 is 0 Å². The smallest absolute Gasteiger partial charge is 0.242 e. The van der Waals surface area contributed by atoms with Crippen LogP contribution >= 0.6 is 0 Å². The minimum Gasteiger partial charge on any atom is -0.495 e. The predicted octanol–water partition coefficient (Wildman–Crippen LogP) is 1.04. The van der Waals surface area contributed by atoms with E-state index in [1.54, 1.807) is 25.2 Å². The molecule has 0 bridgehead atoms. The number of nitrogens with two attached hydrogens (primary N) is 1. The van der Waals surface area contributed by atoms with Gasteiger partial charge in [0.15, 0.2) is 0 Å². The van der Waals surface area contributed by atoms with Crippen LogP contribution in [0, 0.1) is 17.8 Å². The molecule has 5 nitrogen and oxygen atoms in total. The van der Waals surface area contributed by atoms with Crippen molar-refractivity contribution in [3.8, 4) is 17.6 Å². The average molecular weight is 308 g/mol. The second-order valence-electron chi connectivity index (χ2n) is 5.10. The Morgan fingerprint density at radius 3 is 2.71 bits per heavy atom. The van der Waals surface area contributed by atoms with Crippen LogP contribution in [0.1, 0.15) is 18.4 Å². The Balaban J connectivity index is 2.33. The van der Waals surface area contributed by atoms with E-state index in [1.165, 1.54) is 11.4 Å². The van der Waals surface area contributed by atoms with Gasteiger partial charge in [0.1, 0.15) is 5.75 Å². The maximum absolute atomic E-state index is 12.5. The van der Waals surface area contributed by atoms with Crippen LogP contribution in [0.15, 0.2) is 23.1 Å². The molecule has 0 amide bonds. The number of hydrogen-bond acceptors (Lipinski definition) is 4. The minimum atomic E-state index is -3.49. The summed E-state index contributed by atoms with van der Waals surface area (Å²) in [5, 5.41) is 0. The Morgan fingerprint density at radius 1 is 1.43 bits per heavy atom. The number of rotatable bonds is 5. The van der Waals surface area contributed by atoms with Gasteiger partial charge in [0.25, 0.3) is 0 Å². The van der Waals surface area contributed by atoms with Gasteiger partial charge in [-0.15, -0.1) is 0 Å². The molecule has 1 fully saturated rings. The topological polar surface area (TPSA) is 72.6 Å². The van der Waals surface area contributed by atoms with E-state index in [-0.39, 0.29) is 11.4 Å². The summed E-state index contributed by atoms with van der Waals surface area (Å²) in [5.74, 6) is 6.61. The molecule has 1 aliphatic carbocycles. The summed E-state index contributed by atoms with van der Waals surface area (Å²) >= 11 is 0. The molecule has 1 aromatic carbocycles. The highest BCUT2D eigenvalue weighted by molar-refractivity contribution is 7.89. The molecular weight excluding hydrogens is 288 g/mol. The number of hydrogen-bond donors (Lipinski definition) is 1. The summed E-state index contributed by atoms with van der Waals surface area (Å²) in [6.45, 7) is 0.778. The largest absolute Gasteiger partial charge is 0.495 e. The first-order valence-electron chi connectivity index (χ1n) is 6.82. The molecule has 2 rings (SSSR count). The third-order valence-electron chi connectivity index (χ3n) is 3.42. The molecule has 0 aliphatic heterocycles. The molecular formula is C15H20N2O3S. The van der Waals surface area contributed by atoms with E-state index in [2.05, 4.69) is 11.8 Å². The second-order valence-corrected chi connectivity index (χ2v) is 7.14. The molecule has 1 saturated carbocycles. The third kappa shape index (κ3) is 3.76. The van der Waals surface area contributed by atoms with Crippen molar-refractivity contribution in [3.05, 3.63) is 23.8 Å². The summed E-state index contributed by atoms with van der Waals surface area (Å²) < 4.78 is 31.7. The average Bonchev–Trinajstić information content (AvgIpc) is 3.28. The number of nitrogens with zero attached hydrogens (tertiary/aromatic N) is 1. The summed E-state index contributed by atoms with van der Waals surface area (Å²) in [7, 11) is -0.349. The Bertz CT molecular complexity index is 670.